The van der Waals surface area contributed by atoms with Gasteiger partial charge in [-0.05, 0) is 69.8 Å². The fourth-order valence-electron chi connectivity index (χ4n) is 4.08. The van der Waals surface area contributed by atoms with Gasteiger partial charge in [-0.25, -0.2) is 0 Å². The van der Waals surface area contributed by atoms with Crippen molar-refractivity contribution < 1.29 is 4.79 Å². The van der Waals surface area contributed by atoms with Crippen molar-refractivity contribution in [3.63, 3.8) is 0 Å². The highest BCUT2D eigenvalue weighted by molar-refractivity contribution is 9.10. The second kappa shape index (κ2) is 8.60. The second-order valence-corrected chi connectivity index (χ2v) is 11.2. The van der Waals surface area contributed by atoms with E-state index in [1.165, 1.54) is 4.88 Å². The molecule has 3 aromatic rings. The molecule has 160 valence electrons. The molecule has 2 heterocycles. The SMILES string of the molecule is CC(C)(C)C1CCc2c(sc(NC(=O)c3ccc(Cn4cc(Br)cn4)cc3)c2C#N)C1. The van der Waals surface area contributed by atoms with Crippen molar-refractivity contribution in [2.24, 2.45) is 11.3 Å². The van der Waals surface area contributed by atoms with Crippen LogP contribution in [0, 0.1) is 22.7 Å². The van der Waals surface area contributed by atoms with E-state index in [0.29, 0.717) is 28.6 Å². The summed E-state index contributed by atoms with van der Waals surface area (Å²) in [6.45, 7) is 7.47. The molecule has 0 bridgehead atoms. The van der Waals surface area contributed by atoms with Gasteiger partial charge in [-0.3, -0.25) is 9.48 Å². The molecule has 0 aliphatic heterocycles. The molecule has 0 radical (unpaired) electrons. The highest BCUT2D eigenvalue weighted by Gasteiger charge is 2.32. The van der Waals surface area contributed by atoms with E-state index in [-0.39, 0.29) is 11.3 Å². The number of carbonyl (C=O) groups is 1. The number of hydrogen-bond donors (Lipinski definition) is 1. The van der Waals surface area contributed by atoms with E-state index in [4.69, 9.17) is 0 Å². The third-order valence-electron chi connectivity index (χ3n) is 5.99. The van der Waals surface area contributed by atoms with E-state index in [0.717, 1.165) is 34.9 Å². The molecule has 31 heavy (non-hydrogen) atoms. The number of benzene rings is 1. The predicted molar refractivity (Wildman–Crippen MR) is 127 cm³/mol. The van der Waals surface area contributed by atoms with Gasteiger partial charge in [-0.2, -0.15) is 10.4 Å². The van der Waals surface area contributed by atoms with Gasteiger partial charge in [-0.1, -0.05) is 32.9 Å². The lowest BCUT2D eigenvalue weighted by Crippen LogP contribution is -2.26. The quantitative estimate of drug-likeness (QED) is 0.479. The number of nitriles is 1. The maximum absolute atomic E-state index is 12.9. The van der Waals surface area contributed by atoms with Gasteiger partial charge in [0.1, 0.15) is 11.1 Å². The van der Waals surface area contributed by atoms with Crippen LogP contribution in [-0.2, 0) is 19.4 Å². The molecule has 1 aliphatic rings. The molecular formula is C24H25BrN4OS. The van der Waals surface area contributed by atoms with Gasteiger partial charge in [0, 0.05) is 16.6 Å². The van der Waals surface area contributed by atoms with Crippen molar-refractivity contribution in [3.05, 3.63) is 68.3 Å². The standard InChI is InChI=1S/C24H25BrN4OS/c1-24(2,3)17-8-9-19-20(11-26)23(31-21(19)10-17)28-22(30)16-6-4-15(5-7-16)13-29-14-18(25)12-27-29/h4-7,12,14,17H,8-10,13H2,1-3H3,(H,28,30). The van der Waals surface area contributed by atoms with Crippen LogP contribution >= 0.6 is 27.3 Å². The number of thiophene rings is 1. The maximum Gasteiger partial charge on any atom is 0.256 e. The van der Waals surface area contributed by atoms with Crippen molar-refractivity contribution in [1.82, 2.24) is 9.78 Å². The molecule has 0 spiro atoms. The van der Waals surface area contributed by atoms with E-state index in [1.54, 1.807) is 17.5 Å². The molecule has 2 aromatic heterocycles. The lowest BCUT2D eigenvalue weighted by molar-refractivity contribution is 0.102. The van der Waals surface area contributed by atoms with Crippen LogP contribution < -0.4 is 5.32 Å². The first-order chi connectivity index (χ1) is 14.7. The largest absolute Gasteiger partial charge is 0.312 e. The molecular weight excluding hydrogens is 472 g/mol. The van der Waals surface area contributed by atoms with Gasteiger partial charge < -0.3 is 5.32 Å². The zero-order chi connectivity index (χ0) is 22.2. The first-order valence-electron chi connectivity index (χ1n) is 10.4. The number of aromatic nitrogens is 2. The van der Waals surface area contributed by atoms with Crippen LogP contribution in [-0.4, -0.2) is 15.7 Å². The summed E-state index contributed by atoms with van der Waals surface area (Å²) >= 11 is 4.96. The summed E-state index contributed by atoms with van der Waals surface area (Å²) in [7, 11) is 0. The molecule has 1 amide bonds. The number of nitrogens with one attached hydrogen (secondary N) is 1. The zero-order valence-electron chi connectivity index (χ0n) is 17.9. The average Bonchev–Trinajstić information content (AvgIpc) is 3.29. The molecule has 1 N–H and O–H groups in total. The first-order valence-corrected chi connectivity index (χ1v) is 12.0. The van der Waals surface area contributed by atoms with Crippen LogP contribution in [0.15, 0.2) is 41.1 Å². The smallest absolute Gasteiger partial charge is 0.256 e. The number of carbonyl (C=O) groups excluding carboxylic acids is 1. The summed E-state index contributed by atoms with van der Waals surface area (Å²) < 4.78 is 2.77. The van der Waals surface area contributed by atoms with E-state index in [1.807, 2.05) is 35.1 Å². The second-order valence-electron chi connectivity index (χ2n) is 9.13. The Bertz CT molecular complexity index is 1150. The van der Waals surface area contributed by atoms with Gasteiger partial charge >= 0.3 is 0 Å². The third-order valence-corrected chi connectivity index (χ3v) is 7.57. The molecule has 7 heteroatoms. The number of fused-ring (bicyclic) bond motifs is 1. The number of anilines is 1. The zero-order valence-corrected chi connectivity index (χ0v) is 20.3. The molecule has 5 nitrogen and oxygen atoms in total. The maximum atomic E-state index is 12.9. The Hall–Kier alpha value is -2.43. The van der Waals surface area contributed by atoms with Crippen LogP contribution in [0.5, 0.6) is 0 Å². The van der Waals surface area contributed by atoms with Crippen LogP contribution in [0.4, 0.5) is 5.00 Å². The highest BCUT2D eigenvalue weighted by atomic mass is 79.9. The Morgan fingerprint density at radius 2 is 2.10 bits per heavy atom. The summed E-state index contributed by atoms with van der Waals surface area (Å²) in [6.07, 6.45) is 6.63. The van der Waals surface area contributed by atoms with Crippen molar-refractivity contribution in [2.45, 2.75) is 46.6 Å². The number of halogens is 1. The van der Waals surface area contributed by atoms with Gasteiger partial charge in [0.2, 0.25) is 0 Å². The van der Waals surface area contributed by atoms with E-state index in [9.17, 15) is 10.1 Å². The minimum atomic E-state index is -0.184. The number of rotatable bonds is 4. The van der Waals surface area contributed by atoms with Crippen molar-refractivity contribution in [2.75, 3.05) is 5.32 Å². The Kier molecular flexibility index (Phi) is 6.05. The lowest BCUT2D eigenvalue weighted by atomic mass is 9.72. The van der Waals surface area contributed by atoms with Crippen molar-refractivity contribution in [1.29, 1.82) is 5.26 Å². The van der Waals surface area contributed by atoms with E-state index in [2.05, 4.69) is 53.2 Å². The molecule has 0 saturated carbocycles. The fraction of sp³-hybridized carbons (Fsp3) is 0.375. The molecule has 1 aliphatic carbocycles. The van der Waals surface area contributed by atoms with Gasteiger partial charge in [0.05, 0.1) is 22.8 Å². The lowest BCUT2D eigenvalue weighted by Gasteiger charge is -2.33. The monoisotopic (exact) mass is 496 g/mol. The minimum absolute atomic E-state index is 0.184. The van der Waals surface area contributed by atoms with Gasteiger partial charge in [-0.15, -0.1) is 11.3 Å². The topological polar surface area (TPSA) is 70.7 Å². The fourth-order valence-corrected chi connectivity index (χ4v) is 5.68. The van der Waals surface area contributed by atoms with Crippen LogP contribution in [0.25, 0.3) is 0 Å². The van der Waals surface area contributed by atoms with Gasteiger partial charge in [0.15, 0.2) is 0 Å². The number of amides is 1. The normalized spacial score (nSPS) is 15.9. The van der Waals surface area contributed by atoms with E-state index >= 15 is 0 Å². The Morgan fingerprint density at radius 3 is 2.71 bits per heavy atom. The Morgan fingerprint density at radius 1 is 1.35 bits per heavy atom. The van der Waals surface area contributed by atoms with E-state index < -0.39 is 0 Å². The summed E-state index contributed by atoms with van der Waals surface area (Å²) in [6, 6.07) is 9.84. The summed E-state index contributed by atoms with van der Waals surface area (Å²) in [5.41, 5.74) is 3.65. The highest BCUT2D eigenvalue weighted by Crippen LogP contribution is 2.44. The minimum Gasteiger partial charge on any atom is -0.312 e. The molecule has 0 fully saturated rings. The van der Waals surface area contributed by atoms with Crippen LogP contribution in [0.1, 0.15) is 59.1 Å². The van der Waals surface area contributed by atoms with Gasteiger partial charge in [0.25, 0.3) is 5.91 Å². The first kappa shape index (κ1) is 21.8. The Labute approximate surface area is 195 Å². The molecule has 1 unspecified atom stereocenters. The summed E-state index contributed by atoms with van der Waals surface area (Å²) in [5, 5.41) is 17.7. The molecule has 1 atom stereocenters. The summed E-state index contributed by atoms with van der Waals surface area (Å²) in [5.74, 6) is 0.410. The Balaban J connectivity index is 1.49. The number of nitrogens with zero attached hydrogens (tertiary/aromatic N) is 3. The molecule has 4 rings (SSSR count). The van der Waals surface area contributed by atoms with Crippen LogP contribution in [0.2, 0.25) is 0 Å². The van der Waals surface area contributed by atoms with Crippen LogP contribution in [0.3, 0.4) is 0 Å². The third kappa shape index (κ3) is 4.76. The summed E-state index contributed by atoms with van der Waals surface area (Å²) in [4.78, 5) is 14.1. The number of hydrogen-bond acceptors (Lipinski definition) is 4. The molecule has 0 saturated heterocycles. The predicted octanol–water partition coefficient (Wildman–Crippen LogP) is 6.03. The average molecular weight is 497 g/mol. The molecule has 1 aromatic carbocycles. The van der Waals surface area contributed by atoms with Crippen molar-refractivity contribution in [3.8, 4) is 6.07 Å². The van der Waals surface area contributed by atoms with Crippen molar-refractivity contribution >= 4 is 38.2 Å².